The van der Waals surface area contributed by atoms with Crippen LogP contribution in [0.5, 0.6) is 0 Å². The third-order valence-electron chi connectivity index (χ3n) is 3.19. The normalized spacial score (nSPS) is 26.8. The molecule has 1 aliphatic rings. The fraction of sp³-hybridized carbons (Fsp3) is 0.833. The first kappa shape index (κ1) is 13.4. The number of nitrogens with zero attached hydrogens (tertiary/aromatic N) is 1. The summed E-state index contributed by atoms with van der Waals surface area (Å²) >= 11 is 1.88. The lowest BCUT2D eigenvalue weighted by Gasteiger charge is -2.29. The Bertz CT molecular complexity index is 275. The highest BCUT2D eigenvalue weighted by Crippen LogP contribution is 2.27. The SMILES string of the molecule is CCC(C#N)C(=O)NC1CCCC(SC)C1. The molecule has 1 saturated carbocycles. The molecule has 0 aromatic carbocycles. The van der Waals surface area contributed by atoms with E-state index in [1.165, 1.54) is 12.8 Å². The molecule has 90 valence electrons. The summed E-state index contributed by atoms with van der Waals surface area (Å²) in [5.74, 6) is -0.564. The van der Waals surface area contributed by atoms with Crippen LogP contribution in [0.1, 0.15) is 39.0 Å². The summed E-state index contributed by atoms with van der Waals surface area (Å²) in [5.41, 5.74) is 0. The van der Waals surface area contributed by atoms with Gasteiger partial charge in [0.05, 0.1) is 6.07 Å². The molecule has 16 heavy (non-hydrogen) atoms. The van der Waals surface area contributed by atoms with Crippen molar-refractivity contribution in [1.82, 2.24) is 5.32 Å². The Labute approximate surface area is 102 Å². The minimum Gasteiger partial charge on any atom is -0.352 e. The fourth-order valence-electron chi connectivity index (χ4n) is 2.13. The Morgan fingerprint density at radius 1 is 1.62 bits per heavy atom. The van der Waals surface area contributed by atoms with Gasteiger partial charge in [0.25, 0.3) is 0 Å². The summed E-state index contributed by atoms with van der Waals surface area (Å²) in [5, 5.41) is 12.5. The Hall–Kier alpha value is -0.690. The van der Waals surface area contributed by atoms with Crippen LogP contribution < -0.4 is 5.32 Å². The summed E-state index contributed by atoms with van der Waals surface area (Å²) < 4.78 is 0. The van der Waals surface area contributed by atoms with Crippen molar-refractivity contribution in [3.63, 3.8) is 0 Å². The van der Waals surface area contributed by atoms with E-state index in [1.54, 1.807) is 0 Å². The molecule has 0 bridgehead atoms. The molecule has 0 aliphatic heterocycles. The second-order valence-corrected chi connectivity index (χ2v) is 5.46. The third-order valence-corrected chi connectivity index (χ3v) is 4.28. The monoisotopic (exact) mass is 240 g/mol. The van der Waals surface area contributed by atoms with Crippen molar-refractivity contribution in [2.45, 2.75) is 50.3 Å². The first-order chi connectivity index (χ1) is 7.71. The molecule has 1 aliphatic carbocycles. The lowest BCUT2D eigenvalue weighted by Crippen LogP contribution is -2.41. The zero-order valence-corrected chi connectivity index (χ0v) is 10.8. The quantitative estimate of drug-likeness (QED) is 0.820. The lowest BCUT2D eigenvalue weighted by atomic mass is 9.94. The Balaban J connectivity index is 2.42. The molecule has 0 radical (unpaired) electrons. The minimum atomic E-state index is -0.477. The highest BCUT2D eigenvalue weighted by Gasteiger charge is 2.24. The number of rotatable bonds is 4. The zero-order valence-electron chi connectivity index (χ0n) is 10.0. The van der Waals surface area contributed by atoms with Gasteiger partial charge in [-0.05, 0) is 31.9 Å². The molecule has 0 heterocycles. The molecule has 1 N–H and O–H groups in total. The number of hydrogen-bond donors (Lipinski definition) is 1. The summed E-state index contributed by atoms with van der Waals surface area (Å²) in [7, 11) is 0. The van der Waals surface area contributed by atoms with Crippen LogP contribution in [0.3, 0.4) is 0 Å². The predicted octanol–water partition coefficient (Wildman–Crippen LogP) is 2.33. The van der Waals surface area contributed by atoms with Crippen molar-refractivity contribution in [3.05, 3.63) is 0 Å². The van der Waals surface area contributed by atoms with Crippen LogP contribution in [-0.2, 0) is 4.79 Å². The van der Waals surface area contributed by atoms with Crippen molar-refractivity contribution >= 4 is 17.7 Å². The summed E-state index contributed by atoms with van der Waals surface area (Å²) in [6, 6.07) is 2.33. The van der Waals surface area contributed by atoms with E-state index < -0.39 is 5.92 Å². The van der Waals surface area contributed by atoms with Gasteiger partial charge in [0.2, 0.25) is 5.91 Å². The van der Waals surface area contributed by atoms with Gasteiger partial charge < -0.3 is 5.32 Å². The van der Waals surface area contributed by atoms with Gasteiger partial charge in [-0.1, -0.05) is 13.3 Å². The number of nitriles is 1. The number of carbonyl (C=O) groups is 1. The first-order valence-electron chi connectivity index (χ1n) is 5.94. The maximum Gasteiger partial charge on any atom is 0.237 e. The van der Waals surface area contributed by atoms with Crippen LogP contribution in [0.4, 0.5) is 0 Å². The molecule has 0 spiro atoms. The molecule has 4 heteroatoms. The zero-order chi connectivity index (χ0) is 12.0. The molecule has 0 saturated heterocycles. The van der Waals surface area contributed by atoms with E-state index >= 15 is 0 Å². The Morgan fingerprint density at radius 2 is 2.38 bits per heavy atom. The number of carbonyl (C=O) groups excluding carboxylic acids is 1. The molecule has 0 aromatic heterocycles. The second kappa shape index (κ2) is 6.80. The average molecular weight is 240 g/mol. The van der Waals surface area contributed by atoms with E-state index in [2.05, 4.69) is 11.6 Å². The van der Waals surface area contributed by atoms with Gasteiger partial charge in [0, 0.05) is 11.3 Å². The van der Waals surface area contributed by atoms with Gasteiger partial charge in [0.15, 0.2) is 0 Å². The van der Waals surface area contributed by atoms with Gasteiger partial charge >= 0.3 is 0 Å². The van der Waals surface area contributed by atoms with Crippen LogP contribution in [0.25, 0.3) is 0 Å². The summed E-state index contributed by atoms with van der Waals surface area (Å²) in [6.45, 7) is 1.87. The second-order valence-electron chi connectivity index (χ2n) is 4.32. The van der Waals surface area contributed by atoms with Crippen LogP contribution in [-0.4, -0.2) is 23.5 Å². The van der Waals surface area contributed by atoms with Gasteiger partial charge in [0.1, 0.15) is 5.92 Å². The van der Waals surface area contributed by atoms with Gasteiger partial charge in [-0.2, -0.15) is 17.0 Å². The number of amides is 1. The molecule has 1 fully saturated rings. The molecule has 3 nitrogen and oxygen atoms in total. The third kappa shape index (κ3) is 3.71. The van der Waals surface area contributed by atoms with Crippen molar-refractivity contribution < 1.29 is 4.79 Å². The van der Waals surface area contributed by atoms with Crippen LogP contribution in [0.2, 0.25) is 0 Å². The van der Waals surface area contributed by atoms with Crippen molar-refractivity contribution in [3.8, 4) is 6.07 Å². The first-order valence-corrected chi connectivity index (χ1v) is 7.22. The van der Waals surface area contributed by atoms with E-state index in [0.29, 0.717) is 11.7 Å². The molecule has 1 amide bonds. The molecular weight excluding hydrogens is 220 g/mol. The molecule has 0 aromatic rings. The van der Waals surface area contributed by atoms with E-state index in [-0.39, 0.29) is 11.9 Å². The van der Waals surface area contributed by atoms with Crippen molar-refractivity contribution in [1.29, 1.82) is 5.26 Å². The molecular formula is C12H20N2OS. The van der Waals surface area contributed by atoms with E-state index in [0.717, 1.165) is 12.8 Å². The highest BCUT2D eigenvalue weighted by molar-refractivity contribution is 7.99. The number of thioether (sulfide) groups is 1. The number of nitrogens with one attached hydrogen (secondary N) is 1. The van der Waals surface area contributed by atoms with Crippen molar-refractivity contribution in [2.24, 2.45) is 5.92 Å². The van der Waals surface area contributed by atoms with E-state index in [1.807, 2.05) is 24.8 Å². The van der Waals surface area contributed by atoms with Gasteiger partial charge in [-0.25, -0.2) is 0 Å². The average Bonchev–Trinajstić information content (AvgIpc) is 2.31. The molecule has 3 unspecified atom stereocenters. The van der Waals surface area contributed by atoms with Gasteiger partial charge in [-0.15, -0.1) is 0 Å². The van der Waals surface area contributed by atoms with Crippen molar-refractivity contribution in [2.75, 3.05) is 6.26 Å². The Kier molecular flexibility index (Phi) is 5.68. The highest BCUT2D eigenvalue weighted by atomic mass is 32.2. The van der Waals surface area contributed by atoms with Crippen LogP contribution in [0.15, 0.2) is 0 Å². The summed E-state index contributed by atoms with van der Waals surface area (Å²) in [6.07, 6.45) is 7.27. The largest absolute Gasteiger partial charge is 0.352 e. The maximum absolute atomic E-state index is 11.7. The predicted molar refractivity (Wildman–Crippen MR) is 67.1 cm³/mol. The Morgan fingerprint density at radius 3 is 2.94 bits per heavy atom. The smallest absolute Gasteiger partial charge is 0.237 e. The minimum absolute atomic E-state index is 0.0863. The van der Waals surface area contributed by atoms with E-state index in [4.69, 9.17) is 5.26 Å². The molecule has 3 atom stereocenters. The summed E-state index contributed by atoms with van der Waals surface area (Å²) in [4.78, 5) is 11.7. The fourth-order valence-corrected chi connectivity index (χ4v) is 2.95. The number of hydrogen-bond acceptors (Lipinski definition) is 3. The van der Waals surface area contributed by atoms with Gasteiger partial charge in [-0.3, -0.25) is 4.79 Å². The lowest BCUT2D eigenvalue weighted by molar-refractivity contribution is -0.124. The van der Waals surface area contributed by atoms with E-state index in [9.17, 15) is 4.79 Å². The van der Waals surface area contributed by atoms with Crippen LogP contribution in [0, 0.1) is 17.2 Å². The molecule has 1 rings (SSSR count). The standard InChI is InChI=1S/C12H20N2OS/c1-3-9(8-13)12(15)14-10-5-4-6-11(7-10)16-2/h9-11H,3-7H2,1-2H3,(H,14,15). The maximum atomic E-state index is 11.7. The van der Waals surface area contributed by atoms with Crippen LogP contribution >= 0.6 is 11.8 Å². The topological polar surface area (TPSA) is 52.9 Å².